The fourth-order valence-corrected chi connectivity index (χ4v) is 2.07. The average molecular weight is 248 g/mol. The Bertz CT molecular complexity index is 435. The Labute approximate surface area is 95.1 Å². The SMILES string of the molecule is CC(Cl)c1nc(-c2ccc(Cl)s2)n[nH]1. The summed E-state index contributed by atoms with van der Waals surface area (Å²) >= 11 is 13.1. The standard InChI is InChI=1S/C8H7Cl2N3S/c1-4(9)7-11-8(13-12-7)5-2-3-6(10)14-5/h2-4H,1H3,(H,11,12,13). The molecule has 0 saturated heterocycles. The molecule has 0 aliphatic heterocycles. The number of aromatic amines is 1. The quantitative estimate of drug-likeness (QED) is 0.826. The zero-order chi connectivity index (χ0) is 10.1. The number of nitrogens with zero attached hydrogens (tertiary/aromatic N) is 2. The lowest BCUT2D eigenvalue weighted by Gasteiger charge is -1.92. The molecule has 0 aromatic carbocycles. The second kappa shape index (κ2) is 3.88. The highest BCUT2D eigenvalue weighted by molar-refractivity contribution is 7.19. The van der Waals surface area contributed by atoms with Crippen LogP contribution < -0.4 is 0 Å². The summed E-state index contributed by atoms with van der Waals surface area (Å²) in [6.45, 7) is 1.84. The van der Waals surface area contributed by atoms with Crippen molar-refractivity contribution in [2.24, 2.45) is 0 Å². The summed E-state index contributed by atoms with van der Waals surface area (Å²) in [5.74, 6) is 1.32. The Morgan fingerprint density at radius 2 is 2.29 bits per heavy atom. The number of alkyl halides is 1. The minimum atomic E-state index is -0.160. The molecule has 1 N–H and O–H groups in total. The van der Waals surface area contributed by atoms with Gasteiger partial charge in [-0.25, -0.2) is 4.98 Å². The van der Waals surface area contributed by atoms with Crippen LogP contribution in [0.1, 0.15) is 18.1 Å². The number of rotatable bonds is 2. The maximum atomic E-state index is 5.85. The number of H-pyrrole nitrogens is 1. The molecule has 0 saturated carbocycles. The van der Waals surface area contributed by atoms with E-state index >= 15 is 0 Å². The van der Waals surface area contributed by atoms with E-state index in [1.54, 1.807) is 0 Å². The fourth-order valence-electron chi connectivity index (χ4n) is 0.997. The third-order valence-electron chi connectivity index (χ3n) is 1.67. The van der Waals surface area contributed by atoms with Gasteiger partial charge in [0.25, 0.3) is 0 Å². The summed E-state index contributed by atoms with van der Waals surface area (Å²) in [5.41, 5.74) is 0. The molecule has 0 aliphatic rings. The van der Waals surface area contributed by atoms with Crippen molar-refractivity contribution < 1.29 is 0 Å². The monoisotopic (exact) mass is 247 g/mol. The van der Waals surface area contributed by atoms with Crippen molar-refractivity contribution in [3.05, 3.63) is 22.3 Å². The zero-order valence-electron chi connectivity index (χ0n) is 7.29. The molecule has 6 heteroatoms. The van der Waals surface area contributed by atoms with E-state index < -0.39 is 0 Å². The van der Waals surface area contributed by atoms with Crippen LogP contribution in [0.2, 0.25) is 4.34 Å². The first-order valence-corrected chi connectivity index (χ1v) is 5.62. The minimum Gasteiger partial charge on any atom is -0.261 e. The molecule has 0 spiro atoms. The molecule has 2 heterocycles. The van der Waals surface area contributed by atoms with Crippen LogP contribution in [-0.2, 0) is 0 Å². The summed E-state index contributed by atoms with van der Waals surface area (Å²) in [4.78, 5) is 5.19. The maximum Gasteiger partial charge on any atom is 0.191 e. The smallest absolute Gasteiger partial charge is 0.191 e. The molecule has 1 atom stereocenters. The minimum absolute atomic E-state index is 0.160. The van der Waals surface area contributed by atoms with Gasteiger partial charge in [0.1, 0.15) is 5.82 Å². The molecule has 14 heavy (non-hydrogen) atoms. The van der Waals surface area contributed by atoms with Crippen LogP contribution in [0.3, 0.4) is 0 Å². The predicted octanol–water partition coefficient (Wildman–Crippen LogP) is 3.49. The van der Waals surface area contributed by atoms with Gasteiger partial charge in [-0.15, -0.1) is 22.9 Å². The first-order chi connectivity index (χ1) is 6.66. The lowest BCUT2D eigenvalue weighted by atomic mass is 10.4. The first kappa shape index (κ1) is 9.96. The molecule has 0 radical (unpaired) electrons. The number of hydrogen-bond acceptors (Lipinski definition) is 3. The molecule has 0 bridgehead atoms. The fraction of sp³-hybridized carbons (Fsp3) is 0.250. The van der Waals surface area contributed by atoms with Crippen molar-refractivity contribution in [2.45, 2.75) is 12.3 Å². The molecular formula is C8H7Cl2N3S. The van der Waals surface area contributed by atoms with E-state index in [4.69, 9.17) is 23.2 Å². The largest absolute Gasteiger partial charge is 0.261 e. The van der Waals surface area contributed by atoms with Crippen LogP contribution >= 0.6 is 34.5 Å². The van der Waals surface area contributed by atoms with Gasteiger partial charge in [-0.05, 0) is 19.1 Å². The molecule has 2 aromatic rings. The van der Waals surface area contributed by atoms with E-state index in [1.165, 1.54) is 11.3 Å². The molecule has 2 aromatic heterocycles. The summed E-state index contributed by atoms with van der Waals surface area (Å²) < 4.78 is 0.727. The lowest BCUT2D eigenvalue weighted by molar-refractivity contribution is 0.918. The van der Waals surface area contributed by atoms with Gasteiger partial charge in [0.15, 0.2) is 5.82 Å². The molecule has 3 nitrogen and oxygen atoms in total. The van der Waals surface area contributed by atoms with Gasteiger partial charge in [-0.1, -0.05) is 11.6 Å². The van der Waals surface area contributed by atoms with Crippen molar-refractivity contribution in [1.29, 1.82) is 0 Å². The van der Waals surface area contributed by atoms with E-state index in [0.29, 0.717) is 11.6 Å². The highest BCUT2D eigenvalue weighted by Crippen LogP contribution is 2.29. The van der Waals surface area contributed by atoms with Crippen molar-refractivity contribution >= 4 is 34.5 Å². The summed E-state index contributed by atoms with van der Waals surface area (Å²) in [5, 5.41) is 6.68. The third-order valence-corrected chi connectivity index (χ3v) is 3.11. The second-order valence-corrected chi connectivity index (χ2v) is 5.13. The molecule has 2 rings (SSSR count). The van der Waals surface area contributed by atoms with E-state index in [-0.39, 0.29) is 5.38 Å². The molecule has 0 fully saturated rings. The van der Waals surface area contributed by atoms with Crippen molar-refractivity contribution in [1.82, 2.24) is 15.2 Å². The molecule has 1 unspecified atom stereocenters. The Balaban J connectivity index is 2.33. The summed E-state index contributed by atoms with van der Waals surface area (Å²) in [7, 11) is 0. The van der Waals surface area contributed by atoms with Crippen LogP contribution in [0.25, 0.3) is 10.7 Å². The molecule has 74 valence electrons. The Morgan fingerprint density at radius 1 is 1.50 bits per heavy atom. The van der Waals surface area contributed by atoms with Gasteiger partial charge < -0.3 is 0 Å². The zero-order valence-corrected chi connectivity index (χ0v) is 9.62. The van der Waals surface area contributed by atoms with Gasteiger partial charge in [-0.2, -0.15) is 5.10 Å². The highest BCUT2D eigenvalue weighted by atomic mass is 35.5. The van der Waals surface area contributed by atoms with E-state index in [1.807, 2.05) is 19.1 Å². The summed E-state index contributed by atoms with van der Waals surface area (Å²) in [6, 6.07) is 3.71. The van der Waals surface area contributed by atoms with Crippen LogP contribution in [-0.4, -0.2) is 15.2 Å². The number of thiophene rings is 1. The highest BCUT2D eigenvalue weighted by Gasteiger charge is 2.10. The number of hydrogen-bond donors (Lipinski definition) is 1. The average Bonchev–Trinajstić information content (AvgIpc) is 2.70. The molecule has 0 aliphatic carbocycles. The Kier molecular flexibility index (Phi) is 2.76. The first-order valence-electron chi connectivity index (χ1n) is 3.99. The second-order valence-electron chi connectivity index (χ2n) is 2.76. The van der Waals surface area contributed by atoms with E-state index in [0.717, 1.165) is 9.21 Å². The molecule has 0 amide bonds. The van der Waals surface area contributed by atoms with Gasteiger partial charge in [-0.3, -0.25) is 5.10 Å². The normalized spacial score (nSPS) is 13.1. The van der Waals surface area contributed by atoms with Gasteiger partial charge >= 0.3 is 0 Å². The number of nitrogens with one attached hydrogen (secondary N) is 1. The van der Waals surface area contributed by atoms with E-state index in [9.17, 15) is 0 Å². The third kappa shape index (κ3) is 1.92. The van der Waals surface area contributed by atoms with Crippen molar-refractivity contribution in [3.8, 4) is 10.7 Å². The number of halogens is 2. The van der Waals surface area contributed by atoms with Crippen LogP contribution in [0.4, 0.5) is 0 Å². The van der Waals surface area contributed by atoms with Crippen LogP contribution in [0.15, 0.2) is 12.1 Å². The summed E-state index contributed by atoms with van der Waals surface area (Å²) in [6.07, 6.45) is 0. The van der Waals surface area contributed by atoms with Crippen LogP contribution in [0, 0.1) is 0 Å². The maximum absolute atomic E-state index is 5.85. The Hall–Kier alpha value is -0.580. The lowest BCUT2D eigenvalue weighted by Crippen LogP contribution is -1.86. The number of aromatic nitrogens is 3. The van der Waals surface area contributed by atoms with Gasteiger partial charge in [0, 0.05) is 0 Å². The Morgan fingerprint density at radius 3 is 2.79 bits per heavy atom. The topological polar surface area (TPSA) is 41.6 Å². The van der Waals surface area contributed by atoms with Crippen molar-refractivity contribution in [3.63, 3.8) is 0 Å². The molecular weight excluding hydrogens is 241 g/mol. The van der Waals surface area contributed by atoms with Crippen LogP contribution in [0.5, 0.6) is 0 Å². The van der Waals surface area contributed by atoms with E-state index in [2.05, 4.69) is 15.2 Å². The predicted molar refractivity (Wildman–Crippen MR) is 59.0 cm³/mol. The van der Waals surface area contributed by atoms with Gasteiger partial charge in [0.05, 0.1) is 14.6 Å². The van der Waals surface area contributed by atoms with Crippen molar-refractivity contribution in [2.75, 3.05) is 0 Å². The van der Waals surface area contributed by atoms with Gasteiger partial charge in [0.2, 0.25) is 0 Å².